The molecule has 1 aliphatic heterocycles. The Balaban J connectivity index is 1.38. The molecule has 1 aliphatic rings. The van der Waals surface area contributed by atoms with Gasteiger partial charge in [0.1, 0.15) is 11.6 Å². The Hall–Kier alpha value is -2.70. The van der Waals surface area contributed by atoms with Crippen LogP contribution in [0, 0.1) is 5.82 Å². The molecule has 0 radical (unpaired) electrons. The molecule has 0 unspecified atom stereocenters. The normalized spacial score (nSPS) is 15.7. The first-order valence-corrected chi connectivity index (χ1v) is 10.0. The van der Waals surface area contributed by atoms with E-state index in [9.17, 15) is 4.39 Å². The molecule has 0 spiro atoms. The summed E-state index contributed by atoms with van der Waals surface area (Å²) in [5, 5.41) is 5.18. The van der Waals surface area contributed by atoms with Crippen molar-refractivity contribution < 1.29 is 9.13 Å². The Morgan fingerprint density at radius 3 is 2.79 bits per heavy atom. The van der Waals surface area contributed by atoms with E-state index in [0.717, 1.165) is 48.0 Å². The molecule has 29 heavy (non-hydrogen) atoms. The summed E-state index contributed by atoms with van der Waals surface area (Å²) in [7, 11) is 2.13. The summed E-state index contributed by atoms with van der Waals surface area (Å²) in [6.45, 7) is 2.96. The molecule has 0 saturated carbocycles. The molecule has 0 atom stereocenters. The molecule has 0 aliphatic carbocycles. The first-order chi connectivity index (χ1) is 14.1. The van der Waals surface area contributed by atoms with Crippen LogP contribution in [0.3, 0.4) is 0 Å². The quantitative estimate of drug-likeness (QED) is 0.657. The van der Waals surface area contributed by atoms with Crippen LogP contribution in [-0.2, 0) is 17.9 Å². The highest BCUT2D eigenvalue weighted by atomic mass is 19.1. The number of fused-ring (bicyclic) bond motifs is 1. The minimum atomic E-state index is -0.219. The molecular formula is C23H27FN4O. The first kappa shape index (κ1) is 19.6. The zero-order valence-corrected chi connectivity index (χ0v) is 16.7. The molecule has 3 aromatic rings. The summed E-state index contributed by atoms with van der Waals surface area (Å²) in [4.78, 5) is 6.43. The van der Waals surface area contributed by atoms with Gasteiger partial charge in [0, 0.05) is 47.9 Å². The van der Waals surface area contributed by atoms with Crippen LogP contribution in [0.2, 0.25) is 0 Å². The number of ether oxygens (including phenoxy) is 1. The van der Waals surface area contributed by atoms with Crippen molar-refractivity contribution in [1.82, 2.24) is 9.88 Å². The van der Waals surface area contributed by atoms with Crippen LogP contribution in [0.5, 0.6) is 0 Å². The molecule has 3 N–H and O–H groups in total. The van der Waals surface area contributed by atoms with Gasteiger partial charge in [0.15, 0.2) is 0 Å². The van der Waals surface area contributed by atoms with E-state index in [-0.39, 0.29) is 11.9 Å². The number of nitrogens with zero attached hydrogens (tertiary/aromatic N) is 2. The fourth-order valence-electron chi connectivity index (χ4n) is 3.76. The maximum atomic E-state index is 14.6. The fourth-order valence-corrected chi connectivity index (χ4v) is 3.76. The Kier molecular flexibility index (Phi) is 5.92. The molecule has 2 aromatic carbocycles. The second kappa shape index (κ2) is 8.76. The number of piperidine rings is 1. The van der Waals surface area contributed by atoms with Crippen LogP contribution < -0.4 is 11.1 Å². The number of nitrogens with one attached hydrogen (secondary N) is 1. The number of pyridine rings is 1. The Bertz CT molecular complexity index is 986. The number of hydrogen-bond acceptors (Lipinski definition) is 5. The summed E-state index contributed by atoms with van der Waals surface area (Å²) in [5.41, 5.74) is 8.34. The lowest BCUT2D eigenvalue weighted by atomic mass is 10.1. The second-order valence-corrected chi connectivity index (χ2v) is 7.69. The molecule has 5 nitrogen and oxygen atoms in total. The smallest absolute Gasteiger partial charge is 0.131 e. The molecule has 0 amide bonds. The largest absolute Gasteiger partial charge is 0.383 e. The van der Waals surface area contributed by atoms with E-state index < -0.39 is 0 Å². The van der Waals surface area contributed by atoms with E-state index in [1.807, 2.05) is 36.4 Å². The number of nitrogens with two attached hydrogens (primary N) is 1. The van der Waals surface area contributed by atoms with Crippen LogP contribution in [0.25, 0.3) is 10.8 Å². The van der Waals surface area contributed by atoms with E-state index >= 15 is 0 Å². The topological polar surface area (TPSA) is 63.4 Å². The van der Waals surface area contributed by atoms with E-state index in [0.29, 0.717) is 24.5 Å². The predicted octanol–water partition coefficient (Wildman–Crippen LogP) is 4.18. The number of benzene rings is 2. The maximum absolute atomic E-state index is 14.6. The van der Waals surface area contributed by atoms with Crippen LogP contribution >= 0.6 is 0 Å². The number of nitrogen functional groups attached to an aromatic ring is 1. The number of hydrogen-bond donors (Lipinski definition) is 2. The van der Waals surface area contributed by atoms with Gasteiger partial charge in [0.05, 0.1) is 12.7 Å². The van der Waals surface area contributed by atoms with E-state index in [1.165, 1.54) is 0 Å². The van der Waals surface area contributed by atoms with Gasteiger partial charge in [-0.3, -0.25) is 0 Å². The molecule has 1 saturated heterocycles. The lowest BCUT2D eigenvalue weighted by Gasteiger charge is -2.28. The van der Waals surface area contributed by atoms with Gasteiger partial charge in [-0.1, -0.05) is 24.3 Å². The minimum absolute atomic E-state index is 0.219. The number of aromatic nitrogens is 1. The van der Waals surface area contributed by atoms with Crippen LogP contribution in [0.15, 0.2) is 48.7 Å². The van der Waals surface area contributed by atoms with Gasteiger partial charge in [-0.15, -0.1) is 0 Å². The van der Waals surface area contributed by atoms with Crippen LogP contribution in [-0.4, -0.2) is 36.1 Å². The van der Waals surface area contributed by atoms with Gasteiger partial charge in [-0.05, 0) is 43.7 Å². The van der Waals surface area contributed by atoms with Gasteiger partial charge in [-0.25, -0.2) is 9.37 Å². The third kappa shape index (κ3) is 4.66. The molecule has 152 valence electrons. The Morgan fingerprint density at radius 2 is 2.00 bits per heavy atom. The zero-order chi connectivity index (χ0) is 20.2. The number of anilines is 2. The van der Waals surface area contributed by atoms with Crippen LogP contribution in [0.4, 0.5) is 15.9 Å². The van der Waals surface area contributed by atoms with Gasteiger partial charge in [0.25, 0.3) is 0 Å². The van der Waals surface area contributed by atoms with Crippen molar-refractivity contribution in [3.63, 3.8) is 0 Å². The third-order valence-corrected chi connectivity index (χ3v) is 5.57. The predicted molar refractivity (Wildman–Crippen MR) is 115 cm³/mol. The lowest BCUT2D eigenvalue weighted by molar-refractivity contribution is 0.00204. The maximum Gasteiger partial charge on any atom is 0.131 e. The van der Waals surface area contributed by atoms with Crippen LogP contribution in [0.1, 0.15) is 24.0 Å². The van der Waals surface area contributed by atoms with Crippen molar-refractivity contribution in [1.29, 1.82) is 0 Å². The van der Waals surface area contributed by atoms with Crippen molar-refractivity contribution in [2.24, 2.45) is 0 Å². The minimum Gasteiger partial charge on any atom is -0.383 e. The second-order valence-electron chi connectivity index (χ2n) is 7.69. The van der Waals surface area contributed by atoms with Crippen molar-refractivity contribution in [2.45, 2.75) is 32.1 Å². The van der Waals surface area contributed by atoms with Crippen molar-refractivity contribution >= 4 is 22.3 Å². The van der Waals surface area contributed by atoms with Gasteiger partial charge in [-0.2, -0.15) is 0 Å². The molecule has 1 fully saturated rings. The van der Waals surface area contributed by atoms with Crippen molar-refractivity contribution in [3.8, 4) is 0 Å². The van der Waals surface area contributed by atoms with E-state index in [1.54, 1.807) is 12.3 Å². The van der Waals surface area contributed by atoms with Crippen molar-refractivity contribution in [3.05, 3.63) is 65.6 Å². The third-order valence-electron chi connectivity index (χ3n) is 5.57. The Labute approximate surface area is 170 Å². The number of halogens is 1. The summed E-state index contributed by atoms with van der Waals surface area (Å²) in [5.74, 6) is 0.273. The number of rotatable bonds is 6. The zero-order valence-electron chi connectivity index (χ0n) is 16.7. The van der Waals surface area contributed by atoms with Gasteiger partial charge < -0.3 is 20.7 Å². The monoisotopic (exact) mass is 394 g/mol. The van der Waals surface area contributed by atoms with E-state index in [2.05, 4.69) is 22.2 Å². The summed E-state index contributed by atoms with van der Waals surface area (Å²) >= 11 is 0. The molecular weight excluding hydrogens is 367 g/mol. The highest BCUT2D eigenvalue weighted by Gasteiger charge is 2.17. The highest BCUT2D eigenvalue weighted by molar-refractivity contribution is 5.99. The molecule has 0 bridgehead atoms. The van der Waals surface area contributed by atoms with Gasteiger partial charge in [0.2, 0.25) is 0 Å². The van der Waals surface area contributed by atoms with Gasteiger partial charge >= 0.3 is 0 Å². The fraction of sp³-hybridized carbons (Fsp3) is 0.348. The summed E-state index contributed by atoms with van der Waals surface area (Å²) < 4.78 is 20.6. The summed E-state index contributed by atoms with van der Waals surface area (Å²) in [6, 6.07) is 13.1. The highest BCUT2D eigenvalue weighted by Crippen LogP contribution is 2.27. The number of likely N-dealkylation sites (tertiary alicyclic amines) is 1. The standard InChI is InChI=1S/C23H27FN4O/c1-28-11-8-18(9-12-28)29-15-16-5-6-17(21(24)13-16)14-27-22-4-2-3-20-19(22)7-10-26-23(20)25/h2-7,10,13,18,27H,8-9,11-12,14-15H2,1H3,(H2,25,26). The average Bonchev–Trinajstić information content (AvgIpc) is 2.73. The van der Waals surface area contributed by atoms with Crippen molar-refractivity contribution in [2.75, 3.05) is 31.2 Å². The summed E-state index contributed by atoms with van der Waals surface area (Å²) in [6.07, 6.45) is 4.02. The SMILES string of the molecule is CN1CCC(OCc2ccc(CNc3cccc4c(N)nccc34)c(F)c2)CC1. The lowest BCUT2D eigenvalue weighted by Crippen LogP contribution is -2.34. The Morgan fingerprint density at radius 1 is 1.17 bits per heavy atom. The van der Waals surface area contributed by atoms with E-state index in [4.69, 9.17) is 10.5 Å². The molecule has 4 rings (SSSR count). The molecule has 1 aromatic heterocycles. The molecule has 6 heteroatoms. The first-order valence-electron chi connectivity index (χ1n) is 10.0. The average molecular weight is 394 g/mol. The molecule has 2 heterocycles.